The molecule has 7 nitrogen and oxygen atoms in total. The van der Waals surface area contributed by atoms with E-state index in [9.17, 15) is 21.6 Å². The van der Waals surface area contributed by atoms with E-state index in [0.29, 0.717) is 10.6 Å². The van der Waals surface area contributed by atoms with Gasteiger partial charge in [-0.25, -0.2) is 16.8 Å². The van der Waals surface area contributed by atoms with Gasteiger partial charge in [-0.3, -0.25) is 4.79 Å². The van der Waals surface area contributed by atoms with Crippen LogP contribution in [0.25, 0.3) is 0 Å². The molecule has 2 saturated heterocycles. The van der Waals surface area contributed by atoms with Gasteiger partial charge in [0.05, 0.1) is 21.9 Å². The van der Waals surface area contributed by atoms with Crippen molar-refractivity contribution in [2.75, 3.05) is 6.54 Å². The standard InChI is InChI=1S/C35H35ClN2O5S2/c1-23-4-10-27(11-5-23)33-21-35(39)31-22-37(44(40,41)29-16-6-24(2)7-17-29)32(26-12-14-28(36)15-13-26)20-34(31)38(33)45(42,43)30-18-8-25(3)9-19-30/h4-19,31-34H,20-22H2,1-3H3/t31-,32?,33?,34+/m1/s1. The third kappa shape index (κ3) is 6.00. The molecule has 0 aliphatic carbocycles. The lowest BCUT2D eigenvalue weighted by molar-refractivity contribution is -0.132. The van der Waals surface area contributed by atoms with Gasteiger partial charge in [-0.1, -0.05) is 89.0 Å². The van der Waals surface area contributed by atoms with Gasteiger partial charge in [0.15, 0.2) is 0 Å². The first-order valence-corrected chi connectivity index (χ1v) is 18.2. The Morgan fingerprint density at radius 2 is 1.07 bits per heavy atom. The number of aryl methyl sites for hydroxylation is 3. The average molecular weight is 663 g/mol. The zero-order valence-corrected chi connectivity index (χ0v) is 27.7. The van der Waals surface area contributed by atoms with Gasteiger partial charge in [0.25, 0.3) is 0 Å². The number of hydrogen-bond acceptors (Lipinski definition) is 5. The number of fused-ring (bicyclic) bond motifs is 1. The molecule has 4 aromatic carbocycles. The van der Waals surface area contributed by atoms with E-state index in [1.54, 1.807) is 72.8 Å². The lowest BCUT2D eigenvalue weighted by atomic mass is 9.77. The summed E-state index contributed by atoms with van der Waals surface area (Å²) >= 11 is 6.21. The largest absolute Gasteiger partial charge is 0.299 e. The van der Waals surface area contributed by atoms with E-state index in [1.807, 2.05) is 45.0 Å². The quantitative estimate of drug-likeness (QED) is 0.227. The molecule has 234 valence electrons. The molecule has 2 aliphatic rings. The van der Waals surface area contributed by atoms with Crippen molar-refractivity contribution in [1.29, 1.82) is 0 Å². The summed E-state index contributed by atoms with van der Waals surface area (Å²) < 4.78 is 60.5. The van der Waals surface area contributed by atoms with Crippen LogP contribution in [0, 0.1) is 26.7 Å². The van der Waals surface area contributed by atoms with Crippen LogP contribution >= 0.6 is 11.6 Å². The van der Waals surface area contributed by atoms with Crippen molar-refractivity contribution in [2.45, 2.75) is 61.5 Å². The first kappa shape index (κ1) is 31.6. The van der Waals surface area contributed by atoms with Crippen LogP contribution in [0.4, 0.5) is 0 Å². The number of rotatable bonds is 6. The second-order valence-electron chi connectivity index (χ2n) is 12.1. The molecule has 0 spiro atoms. The number of carbonyl (C=O) groups excluding carboxylic acids is 1. The van der Waals surface area contributed by atoms with Gasteiger partial charge in [0, 0.05) is 29.9 Å². The summed E-state index contributed by atoms with van der Waals surface area (Å²) in [7, 11) is -8.17. The van der Waals surface area contributed by atoms with Crippen LogP contribution in [-0.2, 0) is 24.8 Å². The number of sulfonamides is 2. The molecule has 10 heteroatoms. The molecular formula is C35H35ClN2O5S2. The number of carbonyl (C=O) groups is 1. The highest BCUT2D eigenvalue weighted by molar-refractivity contribution is 7.89. The first-order chi connectivity index (χ1) is 21.4. The minimum absolute atomic E-state index is 0.0562. The molecule has 2 fully saturated rings. The van der Waals surface area contributed by atoms with E-state index < -0.39 is 44.1 Å². The topological polar surface area (TPSA) is 91.8 Å². The van der Waals surface area contributed by atoms with E-state index in [0.717, 1.165) is 22.3 Å². The maximum Gasteiger partial charge on any atom is 0.243 e. The van der Waals surface area contributed by atoms with Crippen molar-refractivity contribution >= 4 is 37.4 Å². The van der Waals surface area contributed by atoms with Crippen LogP contribution in [-0.4, -0.2) is 43.8 Å². The minimum atomic E-state index is -4.11. The van der Waals surface area contributed by atoms with Crippen molar-refractivity contribution in [3.05, 3.63) is 130 Å². The van der Waals surface area contributed by atoms with Crippen LogP contribution in [0.5, 0.6) is 0 Å². The predicted molar refractivity (Wildman–Crippen MR) is 175 cm³/mol. The average Bonchev–Trinajstić information content (AvgIpc) is 3.01. The number of halogens is 1. The molecule has 0 radical (unpaired) electrons. The third-order valence-corrected chi connectivity index (χ3v) is 13.1. The van der Waals surface area contributed by atoms with Crippen molar-refractivity contribution in [3.63, 3.8) is 0 Å². The number of piperidine rings is 2. The van der Waals surface area contributed by atoms with Crippen molar-refractivity contribution < 1.29 is 21.6 Å². The summed E-state index contributed by atoms with van der Waals surface area (Å²) in [6.07, 6.45) is 0.0376. The number of nitrogens with zero attached hydrogens (tertiary/aromatic N) is 2. The second kappa shape index (κ2) is 12.1. The van der Waals surface area contributed by atoms with E-state index >= 15 is 0 Å². The van der Waals surface area contributed by atoms with Gasteiger partial charge < -0.3 is 0 Å². The highest BCUT2D eigenvalue weighted by Crippen LogP contribution is 2.48. The van der Waals surface area contributed by atoms with Crippen LogP contribution in [0.3, 0.4) is 0 Å². The molecule has 0 bridgehead atoms. The lowest BCUT2D eigenvalue weighted by Crippen LogP contribution is -2.60. The predicted octanol–water partition coefficient (Wildman–Crippen LogP) is 6.79. The Balaban J connectivity index is 1.51. The SMILES string of the molecule is Cc1ccc(C2CC(=O)[C@@H]3CN(S(=O)(=O)c4ccc(C)cc4)C(c4ccc(Cl)cc4)C[C@@H]3N2S(=O)(=O)c2ccc(C)cc2)cc1. The fourth-order valence-corrected chi connectivity index (χ4v) is 10.2. The second-order valence-corrected chi connectivity index (χ2v) is 16.3. The van der Waals surface area contributed by atoms with E-state index in [4.69, 9.17) is 11.6 Å². The molecule has 2 unspecified atom stereocenters. The van der Waals surface area contributed by atoms with Gasteiger partial charge in [-0.2, -0.15) is 8.61 Å². The minimum Gasteiger partial charge on any atom is -0.299 e. The third-order valence-electron chi connectivity index (χ3n) is 9.04. The normalized spacial score (nSPS) is 23.1. The Morgan fingerprint density at radius 3 is 1.60 bits per heavy atom. The Hall–Kier alpha value is -3.34. The molecule has 2 aliphatic heterocycles. The molecule has 2 heterocycles. The summed E-state index contributed by atoms with van der Waals surface area (Å²) in [5.74, 6) is -1.00. The van der Waals surface area contributed by atoms with Crippen LogP contribution < -0.4 is 0 Å². The van der Waals surface area contributed by atoms with Gasteiger partial charge in [-0.15, -0.1) is 0 Å². The Morgan fingerprint density at radius 1 is 0.622 bits per heavy atom. The van der Waals surface area contributed by atoms with Crippen molar-refractivity contribution in [2.24, 2.45) is 5.92 Å². The molecular weight excluding hydrogens is 628 g/mol. The number of benzene rings is 4. The van der Waals surface area contributed by atoms with Crippen LogP contribution in [0.15, 0.2) is 107 Å². The zero-order valence-electron chi connectivity index (χ0n) is 25.3. The van der Waals surface area contributed by atoms with Crippen molar-refractivity contribution in [3.8, 4) is 0 Å². The van der Waals surface area contributed by atoms with Crippen LogP contribution in [0.2, 0.25) is 5.02 Å². The Kier molecular flexibility index (Phi) is 8.52. The summed E-state index contributed by atoms with van der Waals surface area (Å²) in [5, 5.41) is 0.497. The first-order valence-electron chi connectivity index (χ1n) is 14.9. The molecule has 0 saturated carbocycles. The summed E-state index contributed by atoms with van der Waals surface area (Å²) in [4.78, 5) is 14.3. The molecule has 0 amide bonds. The summed E-state index contributed by atoms with van der Waals surface area (Å²) in [5.41, 5.74) is 4.26. The molecule has 6 rings (SSSR count). The molecule has 0 N–H and O–H groups in total. The van der Waals surface area contributed by atoms with Gasteiger partial charge in [0.1, 0.15) is 5.78 Å². The number of ketones is 1. The van der Waals surface area contributed by atoms with Crippen molar-refractivity contribution in [1.82, 2.24) is 8.61 Å². The highest BCUT2D eigenvalue weighted by Gasteiger charge is 2.54. The molecule has 45 heavy (non-hydrogen) atoms. The van der Waals surface area contributed by atoms with Gasteiger partial charge in [-0.05, 0) is 74.7 Å². The van der Waals surface area contributed by atoms with E-state index in [2.05, 4.69) is 0 Å². The fourth-order valence-electron chi connectivity index (χ4n) is 6.54. The highest BCUT2D eigenvalue weighted by atomic mass is 35.5. The Bertz CT molecular complexity index is 1930. The maximum absolute atomic E-state index is 14.6. The lowest BCUT2D eigenvalue weighted by Gasteiger charge is -2.51. The van der Waals surface area contributed by atoms with Crippen LogP contribution in [0.1, 0.15) is 52.7 Å². The van der Waals surface area contributed by atoms with Gasteiger partial charge in [0.2, 0.25) is 20.0 Å². The Labute approximate surface area is 270 Å². The smallest absolute Gasteiger partial charge is 0.243 e. The van der Waals surface area contributed by atoms with E-state index in [-0.39, 0.29) is 35.0 Å². The molecule has 0 aromatic heterocycles. The molecule has 4 atom stereocenters. The molecule has 4 aromatic rings. The van der Waals surface area contributed by atoms with Gasteiger partial charge >= 0.3 is 0 Å². The zero-order chi connectivity index (χ0) is 32.1. The maximum atomic E-state index is 14.6. The monoisotopic (exact) mass is 662 g/mol. The number of hydrogen-bond donors (Lipinski definition) is 0. The van der Waals surface area contributed by atoms with E-state index in [1.165, 1.54) is 8.61 Å². The number of Topliss-reactive ketones (excluding diaryl/α,β-unsaturated/α-hetero) is 1. The summed E-state index contributed by atoms with van der Waals surface area (Å²) in [6, 6.07) is 25.6. The fraction of sp³-hybridized carbons (Fsp3) is 0.286. The summed E-state index contributed by atoms with van der Waals surface area (Å²) in [6.45, 7) is 5.58.